The van der Waals surface area contributed by atoms with Crippen LogP contribution in [0.3, 0.4) is 0 Å². The van der Waals surface area contributed by atoms with Crippen LogP contribution in [0.4, 0.5) is 11.4 Å². The number of rotatable bonds is 3. The van der Waals surface area contributed by atoms with Gasteiger partial charge in [-0.05, 0) is 12.1 Å². The Morgan fingerprint density at radius 3 is 2.87 bits per heavy atom. The highest BCUT2D eigenvalue weighted by atomic mass is 16.2. The van der Waals surface area contributed by atoms with Crippen molar-refractivity contribution in [3.8, 4) is 0 Å². The number of hydrogen-bond donors (Lipinski definition) is 3. The molecule has 23 heavy (non-hydrogen) atoms. The minimum absolute atomic E-state index is 0.166. The van der Waals surface area contributed by atoms with E-state index in [0.717, 1.165) is 0 Å². The first-order chi connectivity index (χ1) is 11.0. The third kappa shape index (κ3) is 3.20. The number of nitrogens with one attached hydrogen (secondary N) is 3. The zero-order valence-corrected chi connectivity index (χ0v) is 12.4. The van der Waals surface area contributed by atoms with Gasteiger partial charge in [0, 0.05) is 13.2 Å². The monoisotopic (exact) mass is 313 g/mol. The first-order valence-electron chi connectivity index (χ1n) is 7.02. The largest absolute Gasteiger partial charge is 0.340 e. The van der Waals surface area contributed by atoms with E-state index in [9.17, 15) is 14.4 Å². The Bertz CT molecular complexity index is 783. The van der Waals surface area contributed by atoms with Gasteiger partial charge in [0.25, 0.3) is 5.91 Å². The molecule has 0 unspecified atom stereocenters. The quantitative estimate of drug-likeness (QED) is 0.767. The van der Waals surface area contributed by atoms with Crippen LogP contribution >= 0.6 is 0 Å². The van der Waals surface area contributed by atoms with Crippen molar-refractivity contribution >= 4 is 29.1 Å². The number of aromatic nitrogens is 2. The summed E-state index contributed by atoms with van der Waals surface area (Å²) < 4.78 is 1.55. The van der Waals surface area contributed by atoms with Gasteiger partial charge in [0.2, 0.25) is 11.8 Å². The Labute approximate surface area is 131 Å². The first kappa shape index (κ1) is 14.8. The van der Waals surface area contributed by atoms with Crippen LogP contribution in [0.25, 0.3) is 0 Å². The highest BCUT2D eigenvalue weighted by molar-refractivity contribution is 6.11. The number of anilines is 2. The predicted molar refractivity (Wildman–Crippen MR) is 82.8 cm³/mol. The molecule has 1 atom stereocenters. The van der Waals surface area contributed by atoms with Crippen molar-refractivity contribution in [2.45, 2.75) is 12.5 Å². The summed E-state index contributed by atoms with van der Waals surface area (Å²) in [5, 5.41) is 11.8. The van der Waals surface area contributed by atoms with Crippen molar-refractivity contribution in [3.05, 3.63) is 42.2 Å². The van der Waals surface area contributed by atoms with E-state index in [1.165, 1.54) is 6.20 Å². The van der Waals surface area contributed by atoms with Crippen molar-refractivity contribution in [1.82, 2.24) is 15.1 Å². The lowest BCUT2D eigenvalue weighted by atomic mass is 10.1. The fraction of sp³-hybridized carbons (Fsp3) is 0.200. The molecular formula is C15H15N5O3. The van der Waals surface area contributed by atoms with Gasteiger partial charge in [-0.25, -0.2) is 0 Å². The molecule has 1 aliphatic rings. The average molecular weight is 313 g/mol. The lowest BCUT2D eigenvalue weighted by Crippen LogP contribution is -2.43. The third-order valence-corrected chi connectivity index (χ3v) is 3.43. The molecule has 0 radical (unpaired) electrons. The second kappa shape index (κ2) is 5.91. The second-order valence-corrected chi connectivity index (χ2v) is 5.22. The van der Waals surface area contributed by atoms with E-state index in [2.05, 4.69) is 21.0 Å². The molecule has 3 rings (SSSR count). The summed E-state index contributed by atoms with van der Waals surface area (Å²) in [6, 6.07) is 5.75. The van der Waals surface area contributed by atoms with Gasteiger partial charge in [-0.15, -0.1) is 0 Å². The zero-order chi connectivity index (χ0) is 16.4. The summed E-state index contributed by atoms with van der Waals surface area (Å²) in [4.78, 5) is 36.4. The minimum Gasteiger partial charge on any atom is -0.340 e. The molecule has 8 nitrogen and oxygen atoms in total. The van der Waals surface area contributed by atoms with Crippen molar-refractivity contribution in [1.29, 1.82) is 0 Å². The van der Waals surface area contributed by atoms with Gasteiger partial charge in [0.1, 0.15) is 6.04 Å². The highest BCUT2D eigenvalue weighted by Crippen LogP contribution is 2.19. The number of fused-ring (bicyclic) bond motifs is 1. The van der Waals surface area contributed by atoms with Crippen molar-refractivity contribution in [2.24, 2.45) is 7.05 Å². The Morgan fingerprint density at radius 2 is 2.13 bits per heavy atom. The van der Waals surface area contributed by atoms with Crippen LogP contribution < -0.4 is 16.0 Å². The summed E-state index contributed by atoms with van der Waals surface area (Å²) >= 11 is 0. The fourth-order valence-corrected chi connectivity index (χ4v) is 2.34. The lowest BCUT2D eigenvalue weighted by Gasteiger charge is -2.13. The van der Waals surface area contributed by atoms with Crippen LogP contribution in [0, 0.1) is 0 Å². The molecule has 0 spiro atoms. The van der Waals surface area contributed by atoms with E-state index >= 15 is 0 Å². The summed E-state index contributed by atoms with van der Waals surface area (Å²) in [5.41, 5.74) is 1.34. The molecule has 3 amide bonds. The van der Waals surface area contributed by atoms with Crippen LogP contribution in [0.15, 0.2) is 36.7 Å². The lowest BCUT2D eigenvalue weighted by molar-refractivity contribution is -0.122. The van der Waals surface area contributed by atoms with E-state index in [0.29, 0.717) is 16.9 Å². The van der Waals surface area contributed by atoms with Gasteiger partial charge >= 0.3 is 0 Å². The normalized spacial score (nSPS) is 16.8. The average Bonchev–Trinajstić information content (AvgIpc) is 2.86. The van der Waals surface area contributed by atoms with Crippen LogP contribution in [-0.4, -0.2) is 33.5 Å². The van der Waals surface area contributed by atoms with Gasteiger partial charge in [0.05, 0.1) is 29.6 Å². The molecule has 1 aromatic carbocycles. The molecule has 1 aliphatic heterocycles. The maximum atomic E-state index is 12.2. The number of hydrogen-bond acceptors (Lipinski definition) is 4. The first-order valence-corrected chi connectivity index (χ1v) is 7.02. The highest BCUT2D eigenvalue weighted by Gasteiger charge is 2.29. The zero-order valence-electron chi connectivity index (χ0n) is 12.4. The molecule has 0 bridgehead atoms. The maximum Gasteiger partial charge on any atom is 0.254 e. The Kier molecular flexibility index (Phi) is 3.80. The van der Waals surface area contributed by atoms with Gasteiger partial charge in [-0.1, -0.05) is 12.1 Å². The smallest absolute Gasteiger partial charge is 0.254 e. The summed E-state index contributed by atoms with van der Waals surface area (Å²) in [5.74, 6) is -1.20. The molecule has 2 aromatic rings. The maximum absolute atomic E-state index is 12.2. The molecule has 0 saturated carbocycles. The van der Waals surface area contributed by atoms with Gasteiger partial charge in [0.15, 0.2) is 0 Å². The molecule has 2 heterocycles. The molecule has 1 aromatic heterocycles. The van der Waals surface area contributed by atoms with Gasteiger partial charge in [-0.3, -0.25) is 19.1 Å². The van der Waals surface area contributed by atoms with Gasteiger partial charge < -0.3 is 16.0 Å². The van der Waals surface area contributed by atoms with E-state index < -0.39 is 17.9 Å². The number of para-hydroxylation sites is 1. The van der Waals surface area contributed by atoms with Gasteiger partial charge in [-0.2, -0.15) is 5.10 Å². The molecule has 3 N–H and O–H groups in total. The fourth-order valence-electron chi connectivity index (χ4n) is 2.34. The van der Waals surface area contributed by atoms with Crippen LogP contribution in [-0.2, 0) is 16.6 Å². The Balaban J connectivity index is 1.70. The SMILES string of the molecule is Cn1cc(NC(=O)C[C@@H]2NC(=O)c3ccccc3NC2=O)cn1. The van der Waals surface area contributed by atoms with Crippen LogP contribution in [0.2, 0.25) is 0 Å². The van der Waals surface area contributed by atoms with E-state index in [4.69, 9.17) is 0 Å². The molecule has 0 aliphatic carbocycles. The van der Waals surface area contributed by atoms with Crippen molar-refractivity contribution in [2.75, 3.05) is 10.6 Å². The Hall–Kier alpha value is -3.16. The molecule has 0 fully saturated rings. The van der Waals surface area contributed by atoms with Crippen LogP contribution in [0.1, 0.15) is 16.8 Å². The van der Waals surface area contributed by atoms with E-state index in [1.807, 2.05) is 0 Å². The number of carbonyl (C=O) groups excluding carboxylic acids is 3. The topological polar surface area (TPSA) is 105 Å². The number of carbonyl (C=O) groups is 3. The minimum atomic E-state index is -0.938. The predicted octanol–water partition coefficient (Wildman–Crippen LogP) is 0.499. The number of amides is 3. The van der Waals surface area contributed by atoms with Crippen LogP contribution in [0.5, 0.6) is 0 Å². The third-order valence-electron chi connectivity index (χ3n) is 3.43. The number of benzene rings is 1. The molecule has 118 valence electrons. The number of nitrogens with zero attached hydrogens (tertiary/aromatic N) is 2. The molecule has 8 heteroatoms. The van der Waals surface area contributed by atoms with Crippen molar-refractivity contribution in [3.63, 3.8) is 0 Å². The van der Waals surface area contributed by atoms with E-state index in [1.54, 1.807) is 42.2 Å². The molecule has 0 saturated heterocycles. The standard InChI is InChI=1S/C15H15N5O3/c1-20-8-9(7-16-20)17-13(21)6-12-15(23)18-11-5-3-2-4-10(11)14(22)19-12/h2-5,7-8,12H,6H2,1H3,(H,17,21)(H,18,23)(H,19,22)/t12-/m0/s1. The van der Waals surface area contributed by atoms with Crippen molar-refractivity contribution < 1.29 is 14.4 Å². The number of aryl methyl sites for hydroxylation is 1. The second-order valence-electron chi connectivity index (χ2n) is 5.22. The molecular weight excluding hydrogens is 298 g/mol. The van der Waals surface area contributed by atoms with E-state index in [-0.39, 0.29) is 12.3 Å². The summed E-state index contributed by atoms with van der Waals surface area (Å²) in [6.45, 7) is 0. The summed E-state index contributed by atoms with van der Waals surface area (Å²) in [6.07, 6.45) is 2.97. The summed E-state index contributed by atoms with van der Waals surface area (Å²) in [7, 11) is 1.73. The Morgan fingerprint density at radius 1 is 1.35 bits per heavy atom.